The standard InChI is InChI=1S/C18H15N3O5/c1-20-11-13(10-19-20)18(22)9-8-16-6-7-17(26-16)12-25-15-4-2-14(3-5-15)21(23)24/h2-11H,12H2,1H3. The van der Waals surface area contributed by atoms with Crippen molar-refractivity contribution in [3.63, 3.8) is 0 Å². The molecule has 0 saturated heterocycles. The molecule has 0 amide bonds. The molecule has 1 aromatic carbocycles. The van der Waals surface area contributed by atoms with Gasteiger partial charge >= 0.3 is 0 Å². The number of nitro groups is 1. The quantitative estimate of drug-likeness (QED) is 0.279. The first-order valence-corrected chi connectivity index (χ1v) is 7.68. The van der Waals surface area contributed by atoms with Crippen molar-refractivity contribution in [1.29, 1.82) is 0 Å². The number of carbonyl (C=O) groups is 1. The minimum atomic E-state index is -0.471. The Balaban J connectivity index is 1.56. The maximum absolute atomic E-state index is 12.0. The summed E-state index contributed by atoms with van der Waals surface area (Å²) in [6, 6.07) is 9.25. The van der Waals surface area contributed by atoms with Gasteiger partial charge in [0.2, 0.25) is 0 Å². The summed E-state index contributed by atoms with van der Waals surface area (Å²) in [5.74, 6) is 1.41. The van der Waals surface area contributed by atoms with Crippen molar-refractivity contribution >= 4 is 17.5 Å². The number of non-ortho nitro benzene ring substituents is 1. The number of aromatic nitrogens is 2. The maximum Gasteiger partial charge on any atom is 0.269 e. The van der Waals surface area contributed by atoms with E-state index in [1.807, 2.05) is 0 Å². The number of benzene rings is 1. The average Bonchev–Trinajstić information content (AvgIpc) is 3.27. The number of allylic oxidation sites excluding steroid dienone is 1. The van der Waals surface area contributed by atoms with Crippen molar-refractivity contribution in [2.24, 2.45) is 7.05 Å². The summed E-state index contributed by atoms with van der Waals surface area (Å²) in [7, 11) is 1.74. The predicted molar refractivity (Wildman–Crippen MR) is 92.7 cm³/mol. The number of ketones is 1. The fourth-order valence-corrected chi connectivity index (χ4v) is 2.18. The Labute approximate surface area is 148 Å². The minimum absolute atomic E-state index is 0.000977. The molecule has 8 nitrogen and oxygen atoms in total. The summed E-state index contributed by atoms with van der Waals surface area (Å²) >= 11 is 0. The van der Waals surface area contributed by atoms with Gasteiger partial charge in [0.15, 0.2) is 5.78 Å². The molecule has 2 heterocycles. The second-order valence-electron chi connectivity index (χ2n) is 5.44. The van der Waals surface area contributed by atoms with Crippen LogP contribution in [0.1, 0.15) is 21.9 Å². The van der Waals surface area contributed by atoms with E-state index in [1.165, 1.54) is 36.5 Å². The van der Waals surface area contributed by atoms with E-state index in [4.69, 9.17) is 9.15 Å². The van der Waals surface area contributed by atoms with Crippen LogP contribution >= 0.6 is 0 Å². The largest absolute Gasteiger partial charge is 0.486 e. The second kappa shape index (κ2) is 7.47. The molecule has 3 aromatic rings. The zero-order chi connectivity index (χ0) is 18.5. The summed E-state index contributed by atoms with van der Waals surface area (Å²) in [5, 5.41) is 14.6. The van der Waals surface area contributed by atoms with Gasteiger partial charge in [-0.1, -0.05) is 0 Å². The smallest absolute Gasteiger partial charge is 0.269 e. The fraction of sp³-hybridized carbons (Fsp3) is 0.111. The van der Waals surface area contributed by atoms with Crippen LogP contribution < -0.4 is 4.74 Å². The highest BCUT2D eigenvalue weighted by atomic mass is 16.6. The predicted octanol–water partition coefficient (Wildman–Crippen LogP) is 3.40. The average molecular weight is 353 g/mol. The first-order chi connectivity index (χ1) is 12.5. The van der Waals surface area contributed by atoms with Crippen LogP contribution in [0.4, 0.5) is 5.69 Å². The van der Waals surface area contributed by atoms with Crippen molar-refractivity contribution in [3.8, 4) is 5.75 Å². The lowest BCUT2D eigenvalue weighted by Gasteiger charge is -2.03. The van der Waals surface area contributed by atoms with Crippen molar-refractivity contribution in [1.82, 2.24) is 9.78 Å². The second-order valence-corrected chi connectivity index (χ2v) is 5.44. The van der Waals surface area contributed by atoms with Crippen molar-refractivity contribution in [3.05, 3.63) is 82.1 Å². The molecule has 0 fully saturated rings. The zero-order valence-corrected chi connectivity index (χ0v) is 13.9. The van der Waals surface area contributed by atoms with Crippen LogP contribution in [0.5, 0.6) is 5.75 Å². The minimum Gasteiger partial charge on any atom is -0.486 e. The molecule has 0 aliphatic rings. The molecule has 0 bridgehead atoms. The third kappa shape index (κ3) is 4.23. The number of rotatable bonds is 7. The van der Waals surface area contributed by atoms with E-state index in [1.54, 1.807) is 36.1 Å². The SMILES string of the molecule is Cn1cc(C(=O)C=Cc2ccc(COc3ccc([N+](=O)[O-])cc3)o2)cn1. The summed E-state index contributed by atoms with van der Waals surface area (Å²) in [6.07, 6.45) is 6.12. The third-order valence-electron chi connectivity index (χ3n) is 3.50. The van der Waals surface area contributed by atoms with Crippen LogP contribution in [0.15, 0.2) is 59.3 Å². The van der Waals surface area contributed by atoms with Gasteiger partial charge in [-0.25, -0.2) is 0 Å². The van der Waals surface area contributed by atoms with Crippen LogP contribution in [0, 0.1) is 10.1 Å². The molecular weight excluding hydrogens is 338 g/mol. The summed E-state index contributed by atoms with van der Waals surface area (Å²) in [6.45, 7) is 0.169. The molecule has 26 heavy (non-hydrogen) atoms. The van der Waals surface area contributed by atoms with Gasteiger partial charge in [-0.3, -0.25) is 19.6 Å². The summed E-state index contributed by atoms with van der Waals surface area (Å²) in [4.78, 5) is 22.1. The number of nitro benzene ring substituents is 1. The van der Waals surface area contributed by atoms with E-state index in [2.05, 4.69) is 5.10 Å². The molecule has 0 atom stereocenters. The number of nitrogens with zero attached hydrogens (tertiary/aromatic N) is 3. The first kappa shape index (κ1) is 17.2. The first-order valence-electron chi connectivity index (χ1n) is 7.68. The number of hydrogen-bond donors (Lipinski definition) is 0. The maximum atomic E-state index is 12.0. The Morgan fingerprint density at radius 1 is 1.31 bits per heavy atom. The molecule has 0 N–H and O–H groups in total. The Kier molecular flexibility index (Phi) is 4.93. The van der Waals surface area contributed by atoms with Gasteiger partial charge in [0.05, 0.1) is 16.7 Å². The molecule has 0 radical (unpaired) electrons. The highest BCUT2D eigenvalue weighted by molar-refractivity contribution is 6.06. The molecule has 3 rings (SSSR count). The van der Waals surface area contributed by atoms with E-state index in [0.717, 1.165) is 0 Å². The van der Waals surface area contributed by atoms with E-state index >= 15 is 0 Å². The monoisotopic (exact) mass is 353 g/mol. The lowest BCUT2D eigenvalue weighted by molar-refractivity contribution is -0.384. The van der Waals surface area contributed by atoms with Gasteiger partial charge in [0.25, 0.3) is 5.69 Å². The normalized spacial score (nSPS) is 11.0. The molecule has 0 aliphatic heterocycles. The number of hydrogen-bond acceptors (Lipinski definition) is 6. The van der Waals surface area contributed by atoms with Gasteiger partial charge in [0, 0.05) is 25.4 Å². The van der Waals surface area contributed by atoms with Crippen LogP contribution in [-0.4, -0.2) is 20.5 Å². The van der Waals surface area contributed by atoms with Crippen molar-refractivity contribution < 1.29 is 18.9 Å². The Morgan fingerprint density at radius 2 is 2.08 bits per heavy atom. The molecule has 132 valence electrons. The number of ether oxygens (including phenoxy) is 1. The van der Waals surface area contributed by atoms with Gasteiger partial charge in [-0.05, 0) is 36.4 Å². The zero-order valence-electron chi connectivity index (χ0n) is 13.9. The molecule has 0 unspecified atom stereocenters. The third-order valence-corrected chi connectivity index (χ3v) is 3.50. The Hall–Kier alpha value is -3.68. The molecule has 0 aliphatic carbocycles. The summed E-state index contributed by atoms with van der Waals surface area (Å²) in [5.41, 5.74) is 0.498. The van der Waals surface area contributed by atoms with Crippen LogP contribution in [-0.2, 0) is 13.7 Å². The molecular formula is C18H15N3O5. The highest BCUT2D eigenvalue weighted by Gasteiger charge is 2.07. The van der Waals surface area contributed by atoms with E-state index < -0.39 is 4.92 Å². The van der Waals surface area contributed by atoms with Crippen LogP contribution in [0.25, 0.3) is 6.08 Å². The summed E-state index contributed by atoms with van der Waals surface area (Å²) < 4.78 is 12.6. The number of carbonyl (C=O) groups excluding carboxylic acids is 1. The lowest BCUT2D eigenvalue weighted by atomic mass is 10.2. The molecule has 8 heteroatoms. The molecule has 0 spiro atoms. The van der Waals surface area contributed by atoms with Gasteiger partial charge in [0.1, 0.15) is 23.9 Å². The van der Waals surface area contributed by atoms with E-state index in [9.17, 15) is 14.9 Å². The van der Waals surface area contributed by atoms with Crippen LogP contribution in [0.2, 0.25) is 0 Å². The van der Waals surface area contributed by atoms with Crippen LogP contribution in [0.3, 0.4) is 0 Å². The van der Waals surface area contributed by atoms with Gasteiger partial charge in [-0.2, -0.15) is 5.10 Å². The Morgan fingerprint density at radius 3 is 2.73 bits per heavy atom. The van der Waals surface area contributed by atoms with Gasteiger partial charge < -0.3 is 9.15 Å². The molecule has 2 aromatic heterocycles. The van der Waals surface area contributed by atoms with E-state index in [-0.39, 0.29) is 18.1 Å². The number of furan rings is 1. The van der Waals surface area contributed by atoms with Gasteiger partial charge in [-0.15, -0.1) is 0 Å². The Bertz CT molecular complexity index is 953. The molecule has 0 saturated carbocycles. The highest BCUT2D eigenvalue weighted by Crippen LogP contribution is 2.19. The number of aryl methyl sites for hydroxylation is 1. The lowest BCUT2D eigenvalue weighted by Crippen LogP contribution is -1.94. The van der Waals surface area contributed by atoms with Crippen molar-refractivity contribution in [2.45, 2.75) is 6.61 Å². The van der Waals surface area contributed by atoms with E-state index in [0.29, 0.717) is 22.8 Å². The van der Waals surface area contributed by atoms with Crippen molar-refractivity contribution in [2.75, 3.05) is 0 Å². The topological polar surface area (TPSA) is 100 Å². The fourth-order valence-electron chi connectivity index (χ4n) is 2.18.